The molecule has 2 atom stereocenters. The number of carbonyl (C=O) groups excluding carboxylic acids is 4. The van der Waals surface area contributed by atoms with Crippen LogP contribution in [0.15, 0.2) is 18.2 Å². The number of nitrogens with zero attached hydrogens (tertiary/aromatic N) is 1. The number of thioether (sulfide) groups is 1. The smallest absolute Gasteiger partial charge is 0.408 e. The fourth-order valence-electron chi connectivity index (χ4n) is 4.52. The first-order valence-electron chi connectivity index (χ1n) is 14.6. The number of benzene rings is 1. The van der Waals surface area contributed by atoms with Gasteiger partial charge in [-0.3, -0.25) is 14.4 Å². The van der Waals surface area contributed by atoms with Crippen molar-refractivity contribution in [1.29, 1.82) is 0 Å². The van der Waals surface area contributed by atoms with Gasteiger partial charge in [0.2, 0.25) is 11.8 Å². The highest BCUT2D eigenvalue weighted by molar-refractivity contribution is 7.98. The molecule has 0 heterocycles. The van der Waals surface area contributed by atoms with Gasteiger partial charge in [-0.1, -0.05) is 44.4 Å². The summed E-state index contributed by atoms with van der Waals surface area (Å²) in [6.07, 6.45) is 5.32. The Labute approximate surface area is 250 Å². The van der Waals surface area contributed by atoms with Gasteiger partial charge in [0.25, 0.3) is 0 Å². The van der Waals surface area contributed by atoms with Crippen molar-refractivity contribution in [3.05, 3.63) is 34.9 Å². The molecule has 0 saturated carbocycles. The van der Waals surface area contributed by atoms with Gasteiger partial charge in [0, 0.05) is 13.1 Å². The van der Waals surface area contributed by atoms with Crippen LogP contribution in [-0.4, -0.2) is 72.1 Å². The lowest BCUT2D eigenvalue weighted by molar-refractivity contribution is -0.144. The molecule has 232 valence electrons. The van der Waals surface area contributed by atoms with Gasteiger partial charge in [-0.05, 0) is 83.1 Å². The number of nitrogens with one attached hydrogen (secondary N) is 2. The second kappa shape index (κ2) is 18.6. The van der Waals surface area contributed by atoms with Crippen LogP contribution in [0.3, 0.4) is 0 Å². The number of carbonyl (C=O) groups is 4. The monoisotopic (exact) mass is 593 g/mol. The van der Waals surface area contributed by atoms with E-state index in [9.17, 15) is 19.2 Å². The average molecular weight is 594 g/mol. The van der Waals surface area contributed by atoms with Gasteiger partial charge >= 0.3 is 12.1 Å². The SMILES string of the molecule is CCCCCCN(C(=O)C(CCSC)NC(=O)OC(C)(C)C)C(C(=O)NCCC(=O)OCC)c1c(C)cccc1C. The van der Waals surface area contributed by atoms with Crippen LogP contribution in [-0.2, 0) is 23.9 Å². The zero-order chi connectivity index (χ0) is 31.0. The molecular weight excluding hydrogens is 542 g/mol. The van der Waals surface area contributed by atoms with Crippen molar-refractivity contribution in [3.63, 3.8) is 0 Å². The number of hydrogen-bond acceptors (Lipinski definition) is 7. The summed E-state index contributed by atoms with van der Waals surface area (Å²) in [5, 5.41) is 5.64. The predicted molar refractivity (Wildman–Crippen MR) is 165 cm³/mol. The van der Waals surface area contributed by atoms with E-state index in [0.29, 0.717) is 25.1 Å². The summed E-state index contributed by atoms with van der Waals surface area (Å²) >= 11 is 1.57. The highest BCUT2D eigenvalue weighted by atomic mass is 32.2. The van der Waals surface area contributed by atoms with Crippen molar-refractivity contribution in [1.82, 2.24) is 15.5 Å². The van der Waals surface area contributed by atoms with E-state index in [4.69, 9.17) is 9.47 Å². The van der Waals surface area contributed by atoms with Gasteiger partial charge in [0.05, 0.1) is 13.0 Å². The summed E-state index contributed by atoms with van der Waals surface area (Å²) < 4.78 is 10.5. The molecule has 1 rings (SSSR count). The number of hydrogen-bond donors (Lipinski definition) is 2. The first-order chi connectivity index (χ1) is 19.4. The molecule has 1 aromatic carbocycles. The minimum absolute atomic E-state index is 0.0278. The molecule has 0 radical (unpaired) electrons. The molecule has 0 aliphatic rings. The van der Waals surface area contributed by atoms with Crippen LogP contribution < -0.4 is 10.6 Å². The van der Waals surface area contributed by atoms with Gasteiger partial charge in [-0.25, -0.2) is 4.79 Å². The number of esters is 1. The predicted octanol–water partition coefficient (Wildman–Crippen LogP) is 5.47. The summed E-state index contributed by atoms with van der Waals surface area (Å²) in [6.45, 7) is 13.7. The molecule has 0 aliphatic heterocycles. The number of rotatable bonds is 17. The Morgan fingerprint density at radius 2 is 1.68 bits per heavy atom. The summed E-state index contributed by atoms with van der Waals surface area (Å²) in [6, 6.07) is 3.95. The van der Waals surface area contributed by atoms with Crippen molar-refractivity contribution in [2.24, 2.45) is 0 Å². The highest BCUT2D eigenvalue weighted by Gasteiger charge is 2.37. The van der Waals surface area contributed by atoms with E-state index in [1.54, 1.807) is 44.4 Å². The third-order valence-electron chi connectivity index (χ3n) is 6.44. The molecule has 10 heteroatoms. The van der Waals surface area contributed by atoms with Gasteiger partial charge in [0.1, 0.15) is 17.7 Å². The Morgan fingerprint density at radius 3 is 2.24 bits per heavy atom. The Morgan fingerprint density at radius 1 is 1.02 bits per heavy atom. The second-order valence-corrected chi connectivity index (χ2v) is 12.1. The van der Waals surface area contributed by atoms with Gasteiger partial charge < -0.3 is 25.0 Å². The zero-order valence-corrected chi connectivity index (χ0v) is 27.1. The van der Waals surface area contributed by atoms with Crippen molar-refractivity contribution in [2.75, 3.05) is 31.7 Å². The lowest BCUT2D eigenvalue weighted by atomic mass is 9.93. The highest BCUT2D eigenvalue weighted by Crippen LogP contribution is 2.29. The Balaban J connectivity index is 3.52. The molecule has 9 nitrogen and oxygen atoms in total. The van der Waals surface area contributed by atoms with E-state index < -0.39 is 29.7 Å². The summed E-state index contributed by atoms with van der Waals surface area (Å²) in [4.78, 5) is 54.5. The van der Waals surface area contributed by atoms with Crippen molar-refractivity contribution in [2.45, 2.75) is 105 Å². The molecule has 1 aromatic rings. The van der Waals surface area contributed by atoms with E-state index in [-0.39, 0.29) is 31.4 Å². The lowest BCUT2D eigenvalue weighted by Crippen LogP contribution is -2.53. The summed E-state index contributed by atoms with van der Waals surface area (Å²) in [5.74, 6) is -0.482. The number of aryl methyl sites for hydroxylation is 2. The maximum Gasteiger partial charge on any atom is 0.408 e. The van der Waals surface area contributed by atoms with Crippen molar-refractivity contribution in [3.8, 4) is 0 Å². The lowest BCUT2D eigenvalue weighted by Gasteiger charge is -2.36. The topological polar surface area (TPSA) is 114 Å². The van der Waals surface area contributed by atoms with Crippen LogP contribution in [0, 0.1) is 13.8 Å². The minimum Gasteiger partial charge on any atom is -0.466 e. The van der Waals surface area contributed by atoms with E-state index in [1.165, 1.54) is 0 Å². The Bertz CT molecular complexity index is 974. The van der Waals surface area contributed by atoms with Gasteiger partial charge in [0.15, 0.2) is 0 Å². The fourth-order valence-corrected chi connectivity index (χ4v) is 4.99. The molecule has 0 aromatic heterocycles. The molecule has 0 aliphatic carbocycles. The second-order valence-electron chi connectivity index (χ2n) is 11.1. The van der Waals surface area contributed by atoms with Crippen LogP contribution >= 0.6 is 11.8 Å². The first kappa shape index (κ1) is 36.3. The maximum atomic E-state index is 14.3. The standard InChI is InChI=1S/C31H51N3O6S/c1-9-11-12-13-20-34(29(37)24(18-21-41-8)33-30(38)40-31(5,6)7)27(26-22(3)15-14-16-23(26)4)28(36)32-19-17-25(35)39-10-2/h14-16,24,27H,9-13,17-21H2,1-8H3,(H,32,36)(H,33,38). The first-order valence-corrected chi connectivity index (χ1v) is 16.0. The van der Waals surface area contributed by atoms with Crippen LogP contribution in [0.4, 0.5) is 4.79 Å². The zero-order valence-electron chi connectivity index (χ0n) is 26.3. The number of amides is 3. The quantitative estimate of drug-likeness (QED) is 0.182. The van der Waals surface area contributed by atoms with Crippen LogP contribution in [0.25, 0.3) is 0 Å². The van der Waals surface area contributed by atoms with Crippen molar-refractivity contribution >= 4 is 35.6 Å². The molecule has 3 amide bonds. The molecule has 0 spiro atoms. The molecule has 0 saturated heterocycles. The van der Waals surface area contributed by atoms with Gasteiger partial charge in [-0.2, -0.15) is 11.8 Å². The molecule has 0 bridgehead atoms. The van der Waals surface area contributed by atoms with Gasteiger partial charge in [-0.15, -0.1) is 0 Å². The van der Waals surface area contributed by atoms with Crippen LogP contribution in [0.2, 0.25) is 0 Å². The maximum absolute atomic E-state index is 14.3. The largest absolute Gasteiger partial charge is 0.466 e. The third kappa shape index (κ3) is 13.2. The minimum atomic E-state index is -0.940. The van der Waals surface area contributed by atoms with Crippen LogP contribution in [0.5, 0.6) is 0 Å². The third-order valence-corrected chi connectivity index (χ3v) is 7.09. The molecule has 0 fully saturated rings. The molecular formula is C31H51N3O6S. The number of alkyl carbamates (subject to hydrolysis) is 1. The normalized spacial score (nSPS) is 12.7. The molecule has 2 unspecified atom stereocenters. The Kier molecular flexibility index (Phi) is 16.5. The van der Waals surface area contributed by atoms with E-state index >= 15 is 0 Å². The van der Waals surface area contributed by atoms with E-state index in [2.05, 4.69) is 17.6 Å². The molecule has 2 N–H and O–H groups in total. The van der Waals surface area contributed by atoms with E-state index in [0.717, 1.165) is 36.0 Å². The average Bonchev–Trinajstić information content (AvgIpc) is 2.88. The Hall–Kier alpha value is -2.75. The number of unbranched alkanes of at least 4 members (excludes halogenated alkanes) is 3. The fraction of sp³-hybridized carbons (Fsp3) is 0.677. The summed E-state index contributed by atoms with van der Waals surface area (Å²) in [5.41, 5.74) is 1.77. The molecule has 41 heavy (non-hydrogen) atoms. The van der Waals surface area contributed by atoms with E-state index in [1.807, 2.05) is 38.3 Å². The summed E-state index contributed by atoms with van der Waals surface area (Å²) in [7, 11) is 0. The number of ether oxygens (including phenoxy) is 2. The van der Waals surface area contributed by atoms with Crippen LogP contribution in [0.1, 0.15) is 95.9 Å². The van der Waals surface area contributed by atoms with Crippen molar-refractivity contribution < 1.29 is 28.7 Å².